The zero-order valence-electron chi connectivity index (χ0n) is 11.9. The summed E-state index contributed by atoms with van der Waals surface area (Å²) in [4.78, 5) is 0.0296. The van der Waals surface area contributed by atoms with E-state index in [9.17, 15) is 13.0 Å². The Bertz CT molecular complexity index is 596. The van der Waals surface area contributed by atoms with Gasteiger partial charge >= 0.3 is 18.4 Å². The van der Waals surface area contributed by atoms with Crippen LogP contribution in [0.4, 0.5) is 0 Å². The minimum absolute atomic E-state index is 0.0296. The van der Waals surface area contributed by atoms with E-state index in [4.69, 9.17) is 0 Å². The van der Waals surface area contributed by atoms with Crippen LogP contribution in [0.3, 0.4) is 0 Å². The summed E-state index contributed by atoms with van der Waals surface area (Å²) in [5.41, 5.74) is 2.67. The summed E-state index contributed by atoms with van der Waals surface area (Å²) in [7, 11) is -5.64. The number of benzene rings is 1. The maximum Gasteiger partial charge on any atom is 0.729 e. The fraction of sp³-hybridized carbons (Fsp3) is 0.500. The minimum atomic E-state index is -4.14. The Balaban J connectivity index is 3.21. The number of hydrogen-bond donors (Lipinski definition) is 0. The maximum atomic E-state index is 12.1. The van der Waals surface area contributed by atoms with Gasteiger partial charge in [-0.05, 0) is 42.5 Å². The van der Waals surface area contributed by atoms with E-state index in [1.807, 2.05) is 20.8 Å². The molecule has 1 rings (SSSR count). The number of hydrogen-bond acceptors (Lipinski definition) is 6. The van der Waals surface area contributed by atoms with Crippen molar-refractivity contribution in [3.63, 3.8) is 0 Å². The van der Waals surface area contributed by atoms with Gasteiger partial charge in [0, 0.05) is 4.57 Å². The van der Waals surface area contributed by atoms with Crippen molar-refractivity contribution < 1.29 is 26.5 Å². The van der Waals surface area contributed by atoms with Gasteiger partial charge in [0.1, 0.15) is 4.90 Å². The van der Waals surface area contributed by atoms with Crippen LogP contribution in [-0.2, 0) is 41.1 Å². The zero-order chi connectivity index (χ0) is 15.3. The average molecular weight is 321 g/mol. The minimum Gasteiger partial charge on any atom is -0.191 e. The molecule has 1 unspecified atom stereocenters. The van der Waals surface area contributed by atoms with Crippen LogP contribution in [-0.4, -0.2) is 15.5 Å². The zero-order valence-corrected chi connectivity index (χ0v) is 13.6. The third-order valence-electron chi connectivity index (χ3n) is 2.93. The first-order valence-corrected chi connectivity index (χ1v) is 8.61. The smallest absolute Gasteiger partial charge is 0.191 e. The lowest BCUT2D eigenvalue weighted by Crippen LogP contribution is -2.10. The predicted molar refractivity (Wildman–Crippen MR) is 73.9 cm³/mol. The van der Waals surface area contributed by atoms with Crippen molar-refractivity contribution in [1.29, 1.82) is 0 Å². The molecule has 8 heteroatoms. The second-order valence-electron chi connectivity index (χ2n) is 4.05. The van der Waals surface area contributed by atoms with Gasteiger partial charge in [0.05, 0.1) is 11.8 Å². The van der Waals surface area contributed by atoms with Crippen molar-refractivity contribution in [2.45, 2.75) is 38.5 Å². The first-order chi connectivity index (χ1) is 9.37. The lowest BCUT2D eigenvalue weighted by atomic mass is 9.98. The Kier molecular flexibility index (Phi) is 6.23. The molecule has 0 aromatic heterocycles. The van der Waals surface area contributed by atoms with E-state index in [0.29, 0.717) is 18.4 Å². The molecule has 0 bridgehead atoms. The molecule has 6 nitrogen and oxygen atoms in total. The second-order valence-corrected chi connectivity index (χ2v) is 6.49. The molecule has 0 N–H and O–H groups in total. The monoisotopic (exact) mass is 321 g/mol. The molecule has 0 saturated carbocycles. The van der Waals surface area contributed by atoms with E-state index in [1.54, 1.807) is 6.07 Å². The van der Waals surface area contributed by atoms with Crippen LogP contribution in [0, 0.1) is 6.92 Å². The number of aryl methyl sites for hydroxylation is 1. The van der Waals surface area contributed by atoms with Crippen molar-refractivity contribution in [3.8, 4) is 0 Å². The number of rotatable bonds is 7. The summed E-state index contributed by atoms with van der Waals surface area (Å²) in [6.07, 6.45) is 1.25. The van der Waals surface area contributed by atoms with Crippen LogP contribution >= 0.6 is 8.25 Å². The fourth-order valence-corrected chi connectivity index (χ4v) is 3.49. The van der Waals surface area contributed by atoms with Gasteiger partial charge in [-0.25, -0.2) is 0 Å². The van der Waals surface area contributed by atoms with Gasteiger partial charge in [-0.1, -0.05) is 24.2 Å². The van der Waals surface area contributed by atoms with Gasteiger partial charge in [-0.3, -0.25) is 0 Å². The van der Waals surface area contributed by atoms with Gasteiger partial charge in [0.25, 0.3) is 0 Å². The van der Waals surface area contributed by atoms with Crippen molar-refractivity contribution in [1.82, 2.24) is 0 Å². The lowest BCUT2D eigenvalue weighted by Gasteiger charge is -2.13. The van der Waals surface area contributed by atoms with Crippen LogP contribution in [0.25, 0.3) is 0 Å². The first kappa shape index (κ1) is 17.2. The van der Waals surface area contributed by atoms with Crippen LogP contribution < -0.4 is 0 Å². The first-order valence-electron chi connectivity index (χ1n) is 6.11. The van der Waals surface area contributed by atoms with Crippen molar-refractivity contribution in [3.05, 3.63) is 28.8 Å². The third-order valence-corrected chi connectivity index (χ3v) is 4.69. The van der Waals surface area contributed by atoms with Crippen molar-refractivity contribution >= 4 is 18.4 Å². The SMILES string of the molecule is CCc1c(C)ccc(S(=O)(=O)OO[P+](=O)OC)c1CC. The molecular formula is C12H18O6PS+. The van der Waals surface area contributed by atoms with E-state index < -0.39 is 18.4 Å². The topological polar surface area (TPSA) is 78.9 Å². The highest BCUT2D eigenvalue weighted by Gasteiger charge is 2.29. The molecule has 0 aliphatic carbocycles. The molecule has 0 saturated heterocycles. The molecule has 0 spiro atoms. The summed E-state index contributed by atoms with van der Waals surface area (Å²) < 4.78 is 47.9. The second kappa shape index (κ2) is 7.24. The Hall–Kier alpha value is -0.850. The molecule has 0 amide bonds. The summed E-state index contributed by atoms with van der Waals surface area (Å²) in [6.45, 7) is 5.74. The van der Waals surface area contributed by atoms with Gasteiger partial charge in [0.2, 0.25) is 0 Å². The van der Waals surface area contributed by atoms with Crippen LogP contribution in [0.5, 0.6) is 0 Å². The third kappa shape index (κ3) is 3.84. The van der Waals surface area contributed by atoms with Gasteiger partial charge in [0.15, 0.2) is 0 Å². The average Bonchev–Trinajstić information content (AvgIpc) is 2.43. The fourth-order valence-electron chi connectivity index (χ4n) is 2.03. The van der Waals surface area contributed by atoms with E-state index in [2.05, 4.69) is 13.5 Å². The highest BCUT2D eigenvalue weighted by Crippen LogP contribution is 2.29. The molecule has 1 aromatic carbocycles. The lowest BCUT2D eigenvalue weighted by molar-refractivity contribution is -0.0962. The van der Waals surface area contributed by atoms with Gasteiger partial charge in [-0.2, -0.15) is 8.42 Å². The molecule has 0 radical (unpaired) electrons. The molecule has 1 aromatic rings. The van der Waals surface area contributed by atoms with Crippen LogP contribution in [0.1, 0.15) is 30.5 Å². The molecule has 0 aliphatic heterocycles. The van der Waals surface area contributed by atoms with Crippen molar-refractivity contribution in [2.75, 3.05) is 7.11 Å². The summed E-state index contributed by atoms with van der Waals surface area (Å²) in [6, 6.07) is 3.18. The summed E-state index contributed by atoms with van der Waals surface area (Å²) in [5.74, 6) is 0. The molecule has 1 atom stereocenters. The summed E-state index contributed by atoms with van der Waals surface area (Å²) in [5, 5.41) is 0. The van der Waals surface area contributed by atoms with E-state index in [0.717, 1.165) is 18.2 Å². The highest BCUT2D eigenvalue weighted by molar-refractivity contribution is 7.86. The molecular weight excluding hydrogens is 303 g/mol. The van der Waals surface area contributed by atoms with Gasteiger partial charge < -0.3 is 0 Å². The quantitative estimate of drug-likeness (QED) is 0.436. The Labute approximate surface area is 120 Å². The molecule has 20 heavy (non-hydrogen) atoms. The molecule has 112 valence electrons. The molecule has 0 fully saturated rings. The standard InChI is InChI=1S/C12H18O6PS/c1-5-10-9(3)7-8-12(11(10)6-2)20(14,15)18-17-19(13)16-4/h7-8H,5-6H2,1-4H3/q+1. The maximum absolute atomic E-state index is 12.1. The van der Waals surface area contributed by atoms with E-state index >= 15 is 0 Å². The van der Waals surface area contributed by atoms with Crippen LogP contribution in [0.15, 0.2) is 17.0 Å². The predicted octanol–water partition coefficient (Wildman–Crippen LogP) is 3.06. The van der Waals surface area contributed by atoms with Gasteiger partial charge in [-0.15, -0.1) is 4.52 Å². The Morgan fingerprint density at radius 1 is 1.15 bits per heavy atom. The van der Waals surface area contributed by atoms with E-state index in [-0.39, 0.29) is 4.90 Å². The molecule has 0 heterocycles. The van der Waals surface area contributed by atoms with E-state index in [1.165, 1.54) is 6.07 Å². The Morgan fingerprint density at radius 2 is 1.75 bits per heavy atom. The molecule has 0 aliphatic rings. The van der Waals surface area contributed by atoms with Crippen molar-refractivity contribution in [2.24, 2.45) is 0 Å². The highest BCUT2D eigenvalue weighted by atomic mass is 32.2. The summed E-state index contributed by atoms with van der Waals surface area (Å²) >= 11 is 0. The Morgan fingerprint density at radius 3 is 2.25 bits per heavy atom. The normalized spacial score (nSPS) is 12.5. The van der Waals surface area contributed by atoms with Crippen LogP contribution in [0.2, 0.25) is 0 Å². The largest absolute Gasteiger partial charge is 0.729 e.